The highest BCUT2D eigenvalue weighted by molar-refractivity contribution is 4.53. The third-order valence-electron chi connectivity index (χ3n) is 1.13. The summed E-state index contributed by atoms with van der Waals surface area (Å²) in [6, 6.07) is 0. The van der Waals surface area contributed by atoms with Gasteiger partial charge in [0.1, 0.15) is 0 Å². The van der Waals surface area contributed by atoms with Gasteiger partial charge in [-0.3, -0.25) is 11.3 Å². The maximum absolute atomic E-state index is 5.05. The maximum atomic E-state index is 5.05. The Hall–Kier alpha value is -0.120. The topological polar surface area (TPSA) is 47.3 Å². The second-order valence-corrected chi connectivity index (χ2v) is 1.67. The fourth-order valence-corrected chi connectivity index (χ4v) is 0.526. The highest BCUT2D eigenvalue weighted by atomic mass is 16.5. The molecule has 0 aliphatic heterocycles. The molecule has 0 spiro atoms. The van der Waals surface area contributed by atoms with Crippen LogP contribution in [0.5, 0.6) is 0 Å². The number of nitrogens with two attached hydrogens (primary N) is 1. The molecular formula is C5H14N2O. The molecule has 0 rings (SSSR count). The first-order valence-electron chi connectivity index (χ1n) is 2.81. The average Bonchev–Trinajstić information content (AvgIpc) is 1.83. The van der Waals surface area contributed by atoms with E-state index in [0.29, 0.717) is 0 Å². The van der Waals surface area contributed by atoms with Crippen molar-refractivity contribution in [2.75, 3.05) is 13.7 Å². The summed E-state index contributed by atoms with van der Waals surface area (Å²) in [7, 11) is 1.69. The van der Waals surface area contributed by atoms with Crippen molar-refractivity contribution in [3.05, 3.63) is 0 Å². The minimum atomic E-state index is 0.264. The lowest BCUT2D eigenvalue weighted by atomic mass is 10.3. The Bertz CT molecular complexity index is 45.7. The summed E-state index contributed by atoms with van der Waals surface area (Å²) < 4.78 is 5.00. The molecule has 0 heterocycles. The molecule has 0 aromatic carbocycles. The molecule has 0 amide bonds. The summed E-state index contributed by atoms with van der Waals surface area (Å²) >= 11 is 0. The molecule has 0 bridgehead atoms. The van der Waals surface area contributed by atoms with Gasteiger partial charge in [-0.25, -0.2) is 0 Å². The van der Waals surface area contributed by atoms with E-state index in [-0.39, 0.29) is 6.10 Å². The summed E-state index contributed by atoms with van der Waals surface area (Å²) in [6.45, 7) is 2.79. The Morgan fingerprint density at radius 3 is 2.50 bits per heavy atom. The fraction of sp³-hybridized carbons (Fsp3) is 1.00. The van der Waals surface area contributed by atoms with Gasteiger partial charge in [-0.2, -0.15) is 0 Å². The molecule has 0 aliphatic carbocycles. The van der Waals surface area contributed by atoms with Crippen molar-refractivity contribution in [1.82, 2.24) is 5.43 Å². The highest BCUT2D eigenvalue weighted by Crippen LogP contribution is 1.91. The molecule has 0 aromatic rings. The third kappa shape index (κ3) is 2.96. The zero-order valence-electron chi connectivity index (χ0n) is 5.48. The summed E-state index contributed by atoms with van der Waals surface area (Å²) in [4.78, 5) is 0. The molecule has 0 radical (unpaired) electrons. The second-order valence-electron chi connectivity index (χ2n) is 1.67. The predicted molar refractivity (Wildman–Crippen MR) is 33.3 cm³/mol. The summed E-state index contributed by atoms with van der Waals surface area (Å²) in [5.41, 5.74) is 2.54. The zero-order chi connectivity index (χ0) is 6.41. The normalized spacial score (nSPS) is 13.9. The first-order valence-corrected chi connectivity index (χ1v) is 2.81. The summed E-state index contributed by atoms with van der Waals surface area (Å²) in [6.07, 6.45) is 1.26. The first kappa shape index (κ1) is 7.88. The molecule has 0 saturated heterocycles. The molecule has 8 heavy (non-hydrogen) atoms. The van der Waals surface area contributed by atoms with Crippen molar-refractivity contribution >= 4 is 0 Å². The van der Waals surface area contributed by atoms with Crippen molar-refractivity contribution in [1.29, 1.82) is 0 Å². The Labute approximate surface area is 50.2 Å². The van der Waals surface area contributed by atoms with Gasteiger partial charge in [0.05, 0.1) is 6.10 Å². The summed E-state index contributed by atoms with van der Waals surface area (Å²) in [5, 5.41) is 0. The van der Waals surface area contributed by atoms with Crippen LogP contribution >= 0.6 is 0 Å². The van der Waals surface area contributed by atoms with Crippen LogP contribution in [-0.2, 0) is 4.74 Å². The van der Waals surface area contributed by atoms with Gasteiger partial charge in [0.2, 0.25) is 0 Å². The largest absolute Gasteiger partial charge is 0.380 e. The lowest BCUT2D eigenvalue weighted by molar-refractivity contribution is 0.0989. The standard InChI is InChI=1S/C5H14N2O/c1-3-5(8-2)4-7-6/h5,7H,3-4,6H2,1-2H3. The molecule has 0 aromatic heterocycles. The van der Waals surface area contributed by atoms with Crippen molar-refractivity contribution in [2.24, 2.45) is 5.84 Å². The Morgan fingerprint density at radius 2 is 2.38 bits per heavy atom. The van der Waals surface area contributed by atoms with Crippen LogP contribution in [0.3, 0.4) is 0 Å². The van der Waals surface area contributed by atoms with Crippen molar-refractivity contribution in [3.8, 4) is 0 Å². The number of methoxy groups -OCH3 is 1. The monoisotopic (exact) mass is 118 g/mol. The predicted octanol–water partition coefficient (Wildman–Crippen LogP) is -0.125. The molecule has 3 nitrogen and oxygen atoms in total. The fourth-order valence-electron chi connectivity index (χ4n) is 0.526. The van der Waals surface area contributed by atoms with Crippen LogP contribution in [0.2, 0.25) is 0 Å². The molecule has 3 heteroatoms. The summed E-state index contributed by atoms with van der Waals surface area (Å²) in [5.74, 6) is 5.05. The van der Waals surface area contributed by atoms with E-state index in [1.165, 1.54) is 0 Å². The number of hydrogen-bond donors (Lipinski definition) is 2. The van der Waals surface area contributed by atoms with Crippen molar-refractivity contribution < 1.29 is 4.74 Å². The molecule has 0 saturated carbocycles. The van der Waals surface area contributed by atoms with Crippen LogP contribution in [0.15, 0.2) is 0 Å². The number of rotatable bonds is 4. The molecular weight excluding hydrogens is 104 g/mol. The van der Waals surface area contributed by atoms with E-state index in [4.69, 9.17) is 10.6 Å². The third-order valence-corrected chi connectivity index (χ3v) is 1.13. The average molecular weight is 118 g/mol. The molecule has 1 atom stereocenters. The molecule has 1 unspecified atom stereocenters. The number of hydrazine groups is 1. The smallest absolute Gasteiger partial charge is 0.0706 e. The van der Waals surface area contributed by atoms with E-state index in [1.807, 2.05) is 0 Å². The highest BCUT2D eigenvalue weighted by Gasteiger charge is 1.99. The Balaban J connectivity index is 3.07. The second kappa shape index (κ2) is 5.03. The zero-order valence-corrected chi connectivity index (χ0v) is 5.48. The van der Waals surface area contributed by atoms with Gasteiger partial charge in [0, 0.05) is 13.7 Å². The van der Waals surface area contributed by atoms with Crippen LogP contribution in [-0.4, -0.2) is 19.8 Å². The van der Waals surface area contributed by atoms with Gasteiger partial charge in [0.25, 0.3) is 0 Å². The molecule has 3 N–H and O–H groups in total. The minimum absolute atomic E-state index is 0.264. The first-order chi connectivity index (χ1) is 3.85. The van der Waals surface area contributed by atoms with E-state index in [1.54, 1.807) is 7.11 Å². The molecule has 0 aliphatic rings. The van der Waals surface area contributed by atoms with E-state index in [9.17, 15) is 0 Å². The van der Waals surface area contributed by atoms with Gasteiger partial charge in [-0.05, 0) is 6.42 Å². The van der Waals surface area contributed by atoms with Crippen LogP contribution in [0.25, 0.3) is 0 Å². The van der Waals surface area contributed by atoms with Gasteiger partial charge >= 0.3 is 0 Å². The SMILES string of the molecule is CCC(CNN)OC. The van der Waals surface area contributed by atoms with E-state index >= 15 is 0 Å². The number of nitrogens with one attached hydrogen (secondary N) is 1. The van der Waals surface area contributed by atoms with Crippen LogP contribution in [0, 0.1) is 0 Å². The van der Waals surface area contributed by atoms with Gasteiger partial charge < -0.3 is 4.74 Å². The Kier molecular flexibility index (Phi) is 4.95. The van der Waals surface area contributed by atoms with Gasteiger partial charge in [0.15, 0.2) is 0 Å². The lowest BCUT2D eigenvalue weighted by Gasteiger charge is -2.10. The minimum Gasteiger partial charge on any atom is -0.380 e. The number of hydrogen-bond acceptors (Lipinski definition) is 3. The Morgan fingerprint density at radius 1 is 1.75 bits per heavy atom. The molecule has 50 valence electrons. The van der Waals surface area contributed by atoms with Crippen LogP contribution < -0.4 is 11.3 Å². The van der Waals surface area contributed by atoms with E-state index < -0.39 is 0 Å². The van der Waals surface area contributed by atoms with Crippen LogP contribution in [0.4, 0.5) is 0 Å². The van der Waals surface area contributed by atoms with Gasteiger partial charge in [-0.15, -0.1) is 0 Å². The molecule has 0 fully saturated rings. The van der Waals surface area contributed by atoms with E-state index in [0.717, 1.165) is 13.0 Å². The lowest BCUT2D eigenvalue weighted by Crippen LogP contribution is -2.32. The van der Waals surface area contributed by atoms with E-state index in [2.05, 4.69) is 12.3 Å². The quantitative estimate of drug-likeness (QED) is 0.399. The number of ether oxygens (including phenoxy) is 1. The van der Waals surface area contributed by atoms with Gasteiger partial charge in [-0.1, -0.05) is 6.92 Å². The van der Waals surface area contributed by atoms with Crippen LogP contribution in [0.1, 0.15) is 13.3 Å². The van der Waals surface area contributed by atoms with Crippen molar-refractivity contribution in [3.63, 3.8) is 0 Å². The van der Waals surface area contributed by atoms with Crippen molar-refractivity contribution in [2.45, 2.75) is 19.4 Å². The maximum Gasteiger partial charge on any atom is 0.0706 e.